The van der Waals surface area contributed by atoms with Crippen LogP contribution in [0.3, 0.4) is 0 Å². The van der Waals surface area contributed by atoms with Gasteiger partial charge in [-0.1, -0.05) is 35.3 Å². The molecule has 0 atom stereocenters. The molecule has 2 aromatic carbocycles. The molecule has 2 heterocycles. The van der Waals surface area contributed by atoms with Crippen molar-refractivity contribution in [2.24, 2.45) is 0 Å². The maximum atomic E-state index is 14.2. The quantitative estimate of drug-likeness (QED) is 0.276. The first-order valence-electron chi connectivity index (χ1n) is 10.7. The highest BCUT2D eigenvalue weighted by Crippen LogP contribution is 2.25. The van der Waals surface area contributed by atoms with Crippen LogP contribution in [0.2, 0.25) is 10.0 Å². The molecule has 0 unspecified atom stereocenters. The van der Waals surface area contributed by atoms with Crippen LogP contribution in [0, 0.1) is 32.4 Å². The molecule has 0 fully saturated rings. The highest BCUT2D eigenvalue weighted by atomic mass is 35.5. The summed E-state index contributed by atoms with van der Waals surface area (Å²) in [6.45, 7) is 5.91. The van der Waals surface area contributed by atoms with Crippen LogP contribution in [0.15, 0.2) is 42.5 Å². The molecule has 0 aliphatic heterocycles. The van der Waals surface area contributed by atoms with E-state index in [0.717, 1.165) is 11.4 Å². The van der Waals surface area contributed by atoms with Gasteiger partial charge >= 0.3 is 0 Å². The fourth-order valence-corrected chi connectivity index (χ4v) is 4.34. The molecule has 0 spiro atoms. The zero-order chi connectivity index (χ0) is 25.3. The fourth-order valence-electron chi connectivity index (χ4n) is 3.69. The van der Waals surface area contributed by atoms with Crippen molar-refractivity contribution < 1.29 is 8.78 Å². The van der Waals surface area contributed by atoms with Gasteiger partial charge in [0, 0.05) is 32.9 Å². The first kappa shape index (κ1) is 25.1. The van der Waals surface area contributed by atoms with Crippen molar-refractivity contribution in [2.45, 2.75) is 33.9 Å². The molecule has 4 rings (SSSR count). The number of nitrogens with zero attached hydrogens (tertiary/aromatic N) is 4. The Morgan fingerprint density at radius 3 is 2.03 bits per heavy atom. The van der Waals surface area contributed by atoms with Crippen LogP contribution in [0.4, 0.5) is 20.3 Å². The number of nitrogens with one attached hydrogen (secondary N) is 2. The van der Waals surface area contributed by atoms with Crippen molar-refractivity contribution in [3.8, 4) is 0 Å². The predicted molar refractivity (Wildman–Crippen MR) is 140 cm³/mol. The number of aryl methyl sites for hydroxylation is 2. The second-order valence-electron chi connectivity index (χ2n) is 8.01. The van der Waals surface area contributed by atoms with E-state index in [0.29, 0.717) is 43.5 Å². The van der Waals surface area contributed by atoms with E-state index in [4.69, 9.17) is 35.4 Å². The first-order valence-corrected chi connectivity index (χ1v) is 11.8. The van der Waals surface area contributed by atoms with Gasteiger partial charge in [0.1, 0.15) is 11.6 Å². The number of benzene rings is 2. The smallest absolute Gasteiger partial charge is 0.176 e. The van der Waals surface area contributed by atoms with E-state index in [1.165, 1.54) is 12.1 Å². The topological polar surface area (TPSA) is 59.7 Å². The normalized spacial score (nSPS) is 11.1. The molecule has 4 aromatic rings. The van der Waals surface area contributed by atoms with Gasteiger partial charge in [-0.3, -0.25) is 9.36 Å². The summed E-state index contributed by atoms with van der Waals surface area (Å²) in [4.78, 5) is 0. The van der Waals surface area contributed by atoms with Crippen molar-refractivity contribution >= 4 is 52.0 Å². The Balaban J connectivity index is 1.47. The molecule has 0 radical (unpaired) electrons. The summed E-state index contributed by atoms with van der Waals surface area (Å²) in [7, 11) is 0. The number of anilines is 2. The van der Waals surface area contributed by atoms with Gasteiger partial charge in [-0.2, -0.15) is 10.2 Å². The molecule has 0 saturated carbocycles. The Morgan fingerprint density at radius 2 is 1.46 bits per heavy atom. The Bertz CT molecular complexity index is 1380. The molecule has 182 valence electrons. The minimum Gasteiger partial charge on any atom is -0.329 e. The van der Waals surface area contributed by atoms with Crippen LogP contribution in [0.25, 0.3) is 0 Å². The standard InChI is InChI=1S/C24H22Cl2F2N6S/c1-13-10-22(32-33(13)11-16-18(25)6-4-8-20(16)27)29-24(35)30-23-14(2)31-34(15(23)3)12-17-19(26)7-5-9-21(17)28/h4-10H,11-12H2,1-3H3,(H2,29,30,32,35). The van der Waals surface area contributed by atoms with Crippen LogP contribution in [-0.2, 0) is 13.1 Å². The van der Waals surface area contributed by atoms with E-state index in [9.17, 15) is 8.78 Å². The van der Waals surface area contributed by atoms with Crippen LogP contribution in [-0.4, -0.2) is 24.7 Å². The Hall–Kier alpha value is -3.01. The van der Waals surface area contributed by atoms with Crippen molar-refractivity contribution in [3.63, 3.8) is 0 Å². The molecular weight excluding hydrogens is 513 g/mol. The Kier molecular flexibility index (Phi) is 7.39. The number of thiocarbonyl (C=S) groups is 1. The summed E-state index contributed by atoms with van der Waals surface area (Å²) in [5.41, 5.74) is 3.68. The third-order valence-electron chi connectivity index (χ3n) is 5.58. The van der Waals surface area contributed by atoms with Crippen molar-refractivity contribution in [3.05, 3.63) is 92.4 Å². The third kappa shape index (κ3) is 5.47. The molecule has 0 bridgehead atoms. The summed E-state index contributed by atoms with van der Waals surface area (Å²) in [5.74, 6) is -0.286. The van der Waals surface area contributed by atoms with E-state index >= 15 is 0 Å². The lowest BCUT2D eigenvalue weighted by atomic mass is 10.2. The largest absolute Gasteiger partial charge is 0.329 e. The maximum absolute atomic E-state index is 14.2. The Labute approximate surface area is 216 Å². The lowest BCUT2D eigenvalue weighted by Gasteiger charge is -2.11. The molecular formula is C24H22Cl2F2N6S. The second-order valence-corrected chi connectivity index (χ2v) is 9.23. The predicted octanol–water partition coefficient (Wildman–Crippen LogP) is 6.50. The van der Waals surface area contributed by atoms with Gasteiger partial charge < -0.3 is 10.6 Å². The number of hydrogen-bond acceptors (Lipinski definition) is 3. The Morgan fingerprint density at radius 1 is 0.886 bits per heavy atom. The minimum atomic E-state index is -0.390. The van der Waals surface area contributed by atoms with Crippen molar-refractivity contribution in [1.29, 1.82) is 0 Å². The van der Waals surface area contributed by atoms with Gasteiger partial charge in [0.2, 0.25) is 0 Å². The van der Waals surface area contributed by atoms with E-state index < -0.39 is 5.82 Å². The lowest BCUT2D eigenvalue weighted by Crippen LogP contribution is -2.20. The van der Waals surface area contributed by atoms with Gasteiger partial charge in [0.05, 0.1) is 30.2 Å². The van der Waals surface area contributed by atoms with E-state index in [1.54, 1.807) is 39.7 Å². The molecule has 2 aromatic heterocycles. The summed E-state index contributed by atoms with van der Waals surface area (Å²) in [6.07, 6.45) is 0. The zero-order valence-corrected chi connectivity index (χ0v) is 21.5. The average molecular weight is 535 g/mol. The molecule has 11 heteroatoms. The lowest BCUT2D eigenvalue weighted by molar-refractivity contribution is 0.579. The van der Waals surface area contributed by atoms with Crippen LogP contribution in [0.5, 0.6) is 0 Å². The molecule has 35 heavy (non-hydrogen) atoms. The molecule has 0 aliphatic carbocycles. The molecule has 6 nitrogen and oxygen atoms in total. The summed E-state index contributed by atoms with van der Waals surface area (Å²) in [5, 5.41) is 16.1. The van der Waals surface area contributed by atoms with Crippen LogP contribution >= 0.6 is 35.4 Å². The molecule has 2 N–H and O–H groups in total. The monoisotopic (exact) mass is 534 g/mol. The van der Waals surface area contributed by atoms with Crippen molar-refractivity contribution in [2.75, 3.05) is 10.6 Å². The number of hydrogen-bond donors (Lipinski definition) is 2. The van der Waals surface area contributed by atoms with Crippen molar-refractivity contribution in [1.82, 2.24) is 19.6 Å². The third-order valence-corrected chi connectivity index (χ3v) is 6.49. The highest BCUT2D eigenvalue weighted by molar-refractivity contribution is 7.80. The highest BCUT2D eigenvalue weighted by Gasteiger charge is 2.17. The maximum Gasteiger partial charge on any atom is 0.176 e. The van der Waals surface area contributed by atoms with E-state index in [2.05, 4.69) is 20.8 Å². The molecule has 0 amide bonds. The van der Waals surface area contributed by atoms with Gasteiger partial charge in [-0.25, -0.2) is 8.78 Å². The molecule has 0 saturated heterocycles. The van der Waals surface area contributed by atoms with Crippen LogP contribution in [0.1, 0.15) is 28.2 Å². The first-order chi connectivity index (χ1) is 16.6. The average Bonchev–Trinajstić information content (AvgIpc) is 3.26. The SMILES string of the molecule is Cc1nn(Cc2c(F)cccc2Cl)c(C)c1NC(=S)Nc1cc(C)n(Cc2c(F)cccc2Cl)n1. The second kappa shape index (κ2) is 10.3. The van der Waals surface area contributed by atoms with Gasteiger partial charge in [0.15, 0.2) is 10.9 Å². The van der Waals surface area contributed by atoms with Crippen LogP contribution < -0.4 is 10.6 Å². The summed E-state index contributed by atoms with van der Waals surface area (Å²) in [6, 6.07) is 10.9. The number of rotatable bonds is 6. The summed E-state index contributed by atoms with van der Waals surface area (Å²) < 4.78 is 31.7. The summed E-state index contributed by atoms with van der Waals surface area (Å²) >= 11 is 17.8. The minimum absolute atomic E-state index is 0.183. The number of halogens is 4. The van der Waals surface area contributed by atoms with Gasteiger partial charge in [-0.15, -0.1) is 0 Å². The molecule has 0 aliphatic rings. The van der Waals surface area contributed by atoms with Gasteiger partial charge in [-0.05, 0) is 57.3 Å². The van der Waals surface area contributed by atoms with E-state index in [1.807, 2.05) is 20.8 Å². The fraction of sp³-hybridized carbons (Fsp3) is 0.208. The van der Waals surface area contributed by atoms with Gasteiger partial charge in [0.25, 0.3) is 0 Å². The number of aromatic nitrogens is 4. The zero-order valence-electron chi connectivity index (χ0n) is 19.2. The van der Waals surface area contributed by atoms with E-state index in [-0.39, 0.29) is 18.9 Å².